The highest BCUT2D eigenvalue weighted by molar-refractivity contribution is 9.10. The molecule has 1 N–H and O–H groups in total. The molecule has 0 radical (unpaired) electrons. The van der Waals surface area contributed by atoms with Gasteiger partial charge in [-0.15, -0.1) is 0 Å². The molecule has 0 spiro atoms. The summed E-state index contributed by atoms with van der Waals surface area (Å²) in [6.45, 7) is 2.24. The number of anilines is 1. The van der Waals surface area contributed by atoms with Crippen LogP contribution < -0.4 is 10.1 Å². The first-order valence-corrected chi connectivity index (χ1v) is 8.73. The smallest absolute Gasteiger partial charge is 0.257 e. The number of halogens is 1. The molecule has 5 nitrogen and oxygen atoms in total. The highest BCUT2D eigenvalue weighted by Crippen LogP contribution is 2.18. The second kappa shape index (κ2) is 8.26. The third kappa shape index (κ3) is 4.79. The van der Waals surface area contributed by atoms with Crippen LogP contribution in [-0.4, -0.2) is 30.7 Å². The van der Waals surface area contributed by atoms with Gasteiger partial charge in [0, 0.05) is 35.6 Å². The largest absolute Gasteiger partial charge is 0.477 e. The van der Waals surface area contributed by atoms with Gasteiger partial charge >= 0.3 is 0 Å². The average Bonchev–Trinajstić information content (AvgIpc) is 2.61. The van der Waals surface area contributed by atoms with E-state index >= 15 is 0 Å². The van der Waals surface area contributed by atoms with Crippen molar-refractivity contribution in [3.63, 3.8) is 0 Å². The summed E-state index contributed by atoms with van der Waals surface area (Å²) in [5, 5.41) is 2.84. The van der Waals surface area contributed by atoms with Crippen LogP contribution in [0.1, 0.15) is 23.2 Å². The third-order valence-electron chi connectivity index (χ3n) is 3.89. The highest BCUT2D eigenvalue weighted by Gasteiger charge is 2.15. The Balaban J connectivity index is 1.54. The molecule has 3 rings (SSSR count). The molecule has 0 unspecified atom stereocenters. The number of rotatable bonds is 5. The van der Waals surface area contributed by atoms with Crippen molar-refractivity contribution >= 4 is 27.5 Å². The number of aromatic nitrogens is 1. The van der Waals surface area contributed by atoms with Crippen LogP contribution in [0.25, 0.3) is 0 Å². The lowest BCUT2D eigenvalue weighted by Gasteiger charge is -2.21. The number of carbonyl (C=O) groups is 1. The minimum atomic E-state index is -0.198. The minimum absolute atomic E-state index is 0.198. The van der Waals surface area contributed by atoms with E-state index in [0.29, 0.717) is 24.0 Å². The van der Waals surface area contributed by atoms with Crippen molar-refractivity contribution in [3.8, 4) is 5.88 Å². The molecule has 0 saturated carbocycles. The number of nitrogens with zero attached hydrogens (tertiary/aromatic N) is 1. The molecule has 24 heavy (non-hydrogen) atoms. The van der Waals surface area contributed by atoms with Crippen LogP contribution >= 0.6 is 15.9 Å². The number of ether oxygens (including phenoxy) is 2. The summed E-state index contributed by atoms with van der Waals surface area (Å²) in [6, 6.07) is 10.9. The van der Waals surface area contributed by atoms with Crippen molar-refractivity contribution in [3.05, 3.63) is 52.6 Å². The van der Waals surface area contributed by atoms with Crippen LogP contribution in [-0.2, 0) is 4.74 Å². The molecular formula is C18H19BrN2O3. The van der Waals surface area contributed by atoms with Crippen LogP contribution in [0.15, 0.2) is 47.1 Å². The van der Waals surface area contributed by atoms with E-state index in [2.05, 4.69) is 26.2 Å². The van der Waals surface area contributed by atoms with E-state index in [1.165, 1.54) is 6.20 Å². The maximum absolute atomic E-state index is 12.2. The Labute approximate surface area is 149 Å². The molecule has 1 aromatic heterocycles. The van der Waals surface area contributed by atoms with Gasteiger partial charge in [0.05, 0.1) is 12.2 Å². The summed E-state index contributed by atoms with van der Waals surface area (Å²) in [5.41, 5.74) is 1.22. The fourth-order valence-electron chi connectivity index (χ4n) is 2.49. The van der Waals surface area contributed by atoms with Crippen molar-refractivity contribution in [2.45, 2.75) is 12.8 Å². The van der Waals surface area contributed by atoms with Crippen LogP contribution in [0, 0.1) is 5.92 Å². The molecule has 1 saturated heterocycles. The standard InChI is InChI=1S/C18H19BrN2O3/c19-15-2-1-3-16(10-15)21-18(22)14-4-5-17(20-11-14)24-12-13-6-8-23-9-7-13/h1-5,10-11,13H,6-9,12H2,(H,21,22). The van der Waals surface area contributed by atoms with Gasteiger partial charge in [0.25, 0.3) is 5.91 Å². The second-order valence-electron chi connectivity index (χ2n) is 5.72. The fraction of sp³-hybridized carbons (Fsp3) is 0.333. The van der Waals surface area contributed by atoms with Gasteiger partial charge in [-0.25, -0.2) is 4.98 Å². The molecule has 0 atom stereocenters. The van der Waals surface area contributed by atoms with E-state index in [4.69, 9.17) is 9.47 Å². The Bertz CT molecular complexity index is 685. The summed E-state index contributed by atoms with van der Waals surface area (Å²) in [5.74, 6) is 0.858. The number of carbonyl (C=O) groups excluding carboxylic acids is 1. The summed E-state index contributed by atoms with van der Waals surface area (Å²) in [4.78, 5) is 16.4. The lowest BCUT2D eigenvalue weighted by molar-refractivity contribution is 0.0490. The Morgan fingerprint density at radius 1 is 1.29 bits per heavy atom. The quantitative estimate of drug-likeness (QED) is 0.840. The van der Waals surface area contributed by atoms with E-state index in [-0.39, 0.29) is 5.91 Å². The summed E-state index contributed by atoms with van der Waals surface area (Å²) in [6.07, 6.45) is 3.58. The summed E-state index contributed by atoms with van der Waals surface area (Å²) < 4.78 is 12.0. The molecule has 1 amide bonds. The van der Waals surface area contributed by atoms with Crippen molar-refractivity contribution in [1.82, 2.24) is 4.98 Å². The fourth-order valence-corrected chi connectivity index (χ4v) is 2.89. The van der Waals surface area contributed by atoms with Gasteiger partial charge in [0.2, 0.25) is 5.88 Å². The maximum Gasteiger partial charge on any atom is 0.257 e. The van der Waals surface area contributed by atoms with E-state index in [1.54, 1.807) is 12.1 Å². The molecule has 0 aliphatic carbocycles. The van der Waals surface area contributed by atoms with Gasteiger partial charge in [0.15, 0.2) is 0 Å². The van der Waals surface area contributed by atoms with E-state index in [0.717, 1.165) is 36.2 Å². The van der Waals surface area contributed by atoms with Gasteiger partial charge in [-0.05, 0) is 43.0 Å². The van der Waals surface area contributed by atoms with Crippen molar-refractivity contribution in [1.29, 1.82) is 0 Å². The van der Waals surface area contributed by atoms with Gasteiger partial charge in [-0.2, -0.15) is 0 Å². The maximum atomic E-state index is 12.2. The van der Waals surface area contributed by atoms with E-state index in [1.807, 2.05) is 24.3 Å². The number of hydrogen-bond donors (Lipinski definition) is 1. The second-order valence-corrected chi connectivity index (χ2v) is 6.63. The van der Waals surface area contributed by atoms with Crippen LogP contribution in [0.3, 0.4) is 0 Å². The first-order chi connectivity index (χ1) is 11.7. The molecular weight excluding hydrogens is 372 g/mol. The Morgan fingerprint density at radius 3 is 2.83 bits per heavy atom. The monoisotopic (exact) mass is 390 g/mol. The van der Waals surface area contributed by atoms with Gasteiger partial charge in [-0.3, -0.25) is 4.79 Å². The van der Waals surface area contributed by atoms with Crippen LogP contribution in [0.5, 0.6) is 5.88 Å². The lowest BCUT2D eigenvalue weighted by Crippen LogP contribution is -2.21. The number of benzene rings is 1. The number of hydrogen-bond acceptors (Lipinski definition) is 4. The van der Waals surface area contributed by atoms with Crippen molar-refractivity contribution < 1.29 is 14.3 Å². The zero-order valence-corrected chi connectivity index (χ0v) is 14.8. The zero-order valence-electron chi connectivity index (χ0n) is 13.2. The molecule has 0 bridgehead atoms. The van der Waals surface area contributed by atoms with Gasteiger partial charge < -0.3 is 14.8 Å². The van der Waals surface area contributed by atoms with E-state index in [9.17, 15) is 4.79 Å². The highest BCUT2D eigenvalue weighted by atomic mass is 79.9. The Morgan fingerprint density at radius 2 is 2.12 bits per heavy atom. The molecule has 2 aromatic rings. The minimum Gasteiger partial charge on any atom is -0.477 e. The zero-order chi connectivity index (χ0) is 16.8. The number of nitrogens with one attached hydrogen (secondary N) is 1. The first-order valence-electron chi connectivity index (χ1n) is 7.94. The predicted molar refractivity (Wildman–Crippen MR) is 95.4 cm³/mol. The van der Waals surface area contributed by atoms with Crippen LogP contribution in [0.2, 0.25) is 0 Å². The first kappa shape index (κ1) is 16.9. The molecule has 2 heterocycles. The lowest BCUT2D eigenvalue weighted by atomic mass is 10.0. The van der Waals surface area contributed by atoms with Crippen molar-refractivity contribution in [2.75, 3.05) is 25.1 Å². The van der Waals surface area contributed by atoms with E-state index < -0.39 is 0 Å². The summed E-state index contributed by atoms with van der Waals surface area (Å²) in [7, 11) is 0. The molecule has 1 aliphatic heterocycles. The summed E-state index contributed by atoms with van der Waals surface area (Å²) >= 11 is 3.38. The molecule has 6 heteroatoms. The van der Waals surface area contributed by atoms with Crippen LogP contribution in [0.4, 0.5) is 5.69 Å². The van der Waals surface area contributed by atoms with Crippen molar-refractivity contribution in [2.24, 2.45) is 5.92 Å². The average molecular weight is 391 g/mol. The molecule has 1 aromatic carbocycles. The predicted octanol–water partition coefficient (Wildman–Crippen LogP) is 3.90. The molecule has 126 valence electrons. The topological polar surface area (TPSA) is 60.5 Å². The van der Waals surface area contributed by atoms with Gasteiger partial charge in [0.1, 0.15) is 0 Å². The third-order valence-corrected chi connectivity index (χ3v) is 4.38. The SMILES string of the molecule is O=C(Nc1cccc(Br)c1)c1ccc(OCC2CCOCC2)nc1. The number of pyridine rings is 1. The number of amides is 1. The Hall–Kier alpha value is -1.92. The molecule has 1 fully saturated rings. The molecule has 1 aliphatic rings. The van der Waals surface area contributed by atoms with Gasteiger partial charge in [-0.1, -0.05) is 22.0 Å². The Kier molecular flexibility index (Phi) is 5.82. The normalized spacial score (nSPS) is 15.0.